The van der Waals surface area contributed by atoms with E-state index in [9.17, 15) is 13.5 Å². The number of fused-ring (bicyclic) bond motifs is 3. The van der Waals surface area contributed by atoms with Gasteiger partial charge in [0, 0.05) is 0 Å². The lowest BCUT2D eigenvalue weighted by Crippen LogP contribution is -2.43. The molecule has 0 aromatic heterocycles. The Morgan fingerprint density at radius 2 is 1.90 bits per heavy atom. The summed E-state index contributed by atoms with van der Waals surface area (Å²) in [5.74, 6) is 0.886. The van der Waals surface area contributed by atoms with Crippen LogP contribution >= 0.6 is 0 Å². The molecule has 1 N–H and O–H groups in total. The summed E-state index contributed by atoms with van der Waals surface area (Å²) in [4.78, 5) is 0.203. The third-order valence-corrected chi connectivity index (χ3v) is 6.26. The largest absolute Gasteiger partial charge is 0.393 e. The van der Waals surface area contributed by atoms with E-state index >= 15 is 0 Å². The van der Waals surface area contributed by atoms with E-state index in [2.05, 4.69) is 0 Å². The van der Waals surface area contributed by atoms with Gasteiger partial charge in [-0.2, -0.15) is 8.42 Å². The average Bonchev–Trinajstić information content (AvgIpc) is 2.46. The lowest BCUT2D eigenvalue weighted by atomic mass is 9.63. The van der Waals surface area contributed by atoms with Crippen LogP contribution in [0.4, 0.5) is 0 Å². The summed E-state index contributed by atoms with van der Waals surface area (Å²) in [7, 11) is -3.69. The second-order valence-electron chi connectivity index (χ2n) is 6.46. The van der Waals surface area contributed by atoms with Gasteiger partial charge in [-0.15, -0.1) is 0 Å². The fourth-order valence-electron chi connectivity index (χ4n) is 3.76. The topological polar surface area (TPSA) is 63.6 Å². The van der Waals surface area contributed by atoms with Crippen molar-refractivity contribution in [2.24, 2.45) is 17.8 Å². The third-order valence-electron chi connectivity index (χ3n) is 4.97. The Balaban J connectivity index is 1.65. The van der Waals surface area contributed by atoms with E-state index in [1.165, 1.54) is 0 Å². The molecular formula is C16H22O4S. The quantitative estimate of drug-likeness (QED) is 0.868. The van der Waals surface area contributed by atoms with Crippen molar-refractivity contribution < 1.29 is 17.7 Å². The van der Waals surface area contributed by atoms with Crippen molar-refractivity contribution in [1.29, 1.82) is 0 Å². The first kappa shape index (κ1) is 15.0. The predicted octanol–water partition coefficient (Wildman–Crippen LogP) is 2.50. The standard InChI is InChI=1S/C16H22O4S/c1-11-2-5-14(6-3-11)21(18,19)20-10-13-8-12-4-7-15(13)16(17)9-12/h2-3,5-6,12-13,15-17H,4,7-10H2,1H3/t12-,13-,15-,16+/m0/s1. The van der Waals surface area contributed by atoms with Crippen molar-refractivity contribution in [3.8, 4) is 0 Å². The molecule has 3 saturated carbocycles. The van der Waals surface area contributed by atoms with Crippen LogP contribution in [-0.4, -0.2) is 26.2 Å². The molecule has 0 heterocycles. The van der Waals surface area contributed by atoms with E-state index in [1.54, 1.807) is 24.3 Å². The SMILES string of the molecule is Cc1ccc(S(=O)(=O)OC[C@@H]2C[C@@H]3CC[C@@H]2[C@H](O)C3)cc1. The van der Waals surface area contributed by atoms with Crippen LogP contribution in [0.5, 0.6) is 0 Å². The van der Waals surface area contributed by atoms with E-state index < -0.39 is 10.1 Å². The van der Waals surface area contributed by atoms with Crippen molar-refractivity contribution in [2.45, 2.75) is 43.6 Å². The van der Waals surface area contributed by atoms with E-state index in [1.807, 2.05) is 6.92 Å². The zero-order chi connectivity index (χ0) is 15.0. The van der Waals surface area contributed by atoms with Gasteiger partial charge in [-0.25, -0.2) is 0 Å². The molecule has 3 aliphatic carbocycles. The van der Waals surface area contributed by atoms with Crippen LogP contribution in [0.3, 0.4) is 0 Å². The molecule has 2 bridgehead atoms. The third kappa shape index (κ3) is 3.15. The van der Waals surface area contributed by atoms with Gasteiger partial charge in [-0.05, 0) is 62.5 Å². The van der Waals surface area contributed by atoms with Gasteiger partial charge in [-0.3, -0.25) is 4.18 Å². The summed E-state index contributed by atoms with van der Waals surface area (Å²) in [6.45, 7) is 2.10. The molecule has 116 valence electrons. The second-order valence-corrected chi connectivity index (χ2v) is 8.07. The van der Waals surface area contributed by atoms with Crippen LogP contribution in [-0.2, 0) is 14.3 Å². The first-order valence-corrected chi connectivity index (χ1v) is 9.01. The normalized spacial score (nSPS) is 32.3. The molecule has 4 nitrogen and oxygen atoms in total. The van der Waals surface area contributed by atoms with Crippen molar-refractivity contribution in [3.05, 3.63) is 29.8 Å². The Labute approximate surface area is 126 Å². The first-order chi connectivity index (χ1) is 9.95. The van der Waals surface area contributed by atoms with Crippen LogP contribution in [0, 0.1) is 24.7 Å². The Kier molecular flexibility index (Phi) is 4.08. The maximum Gasteiger partial charge on any atom is 0.296 e. The number of aliphatic hydroxyl groups excluding tert-OH is 1. The maximum atomic E-state index is 12.2. The molecule has 21 heavy (non-hydrogen) atoms. The van der Waals surface area contributed by atoms with Gasteiger partial charge in [0.05, 0.1) is 17.6 Å². The minimum atomic E-state index is -3.69. The van der Waals surface area contributed by atoms with Crippen LogP contribution in [0.1, 0.15) is 31.2 Å². The minimum absolute atomic E-state index is 0.160. The highest BCUT2D eigenvalue weighted by Gasteiger charge is 2.41. The van der Waals surface area contributed by atoms with Crippen molar-refractivity contribution in [2.75, 3.05) is 6.61 Å². The fourth-order valence-corrected chi connectivity index (χ4v) is 4.72. The average molecular weight is 310 g/mol. The summed E-state index contributed by atoms with van der Waals surface area (Å²) in [6.07, 6.45) is 3.71. The molecule has 0 spiro atoms. The highest BCUT2D eigenvalue weighted by atomic mass is 32.2. The molecule has 4 atom stereocenters. The number of benzene rings is 1. The Morgan fingerprint density at radius 3 is 2.52 bits per heavy atom. The summed E-state index contributed by atoms with van der Waals surface area (Å²) in [6, 6.07) is 6.68. The Morgan fingerprint density at radius 1 is 1.19 bits per heavy atom. The van der Waals surface area contributed by atoms with Gasteiger partial charge in [-0.1, -0.05) is 17.7 Å². The van der Waals surface area contributed by atoms with Crippen LogP contribution in [0.2, 0.25) is 0 Å². The fraction of sp³-hybridized carbons (Fsp3) is 0.625. The van der Waals surface area contributed by atoms with Crippen molar-refractivity contribution in [1.82, 2.24) is 0 Å². The molecular weight excluding hydrogens is 288 g/mol. The molecule has 0 amide bonds. The summed E-state index contributed by atoms with van der Waals surface area (Å²) in [5.41, 5.74) is 1.02. The van der Waals surface area contributed by atoms with E-state index in [4.69, 9.17) is 4.18 Å². The zero-order valence-corrected chi connectivity index (χ0v) is 13.1. The number of aryl methyl sites for hydroxylation is 1. The molecule has 0 unspecified atom stereocenters. The smallest absolute Gasteiger partial charge is 0.296 e. The lowest BCUT2D eigenvalue weighted by molar-refractivity contribution is -0.0485. The molecule has 3 fully saturated rings. The molecule has 0 aliphatic heterocycles. The number of aliphatic hydroxyl groups is 1. The number of rotatable bonds is 4. The van der Waals surface area contributed by atoms with Gasteiger partial charge in [0.1, 0.15) is 0 Å². The summed E-state index contributed by atoms with van der Waals surface area (Å²) in [5, 5.41) is 10.0. The van der Waals surface area contributed by atoms with Crippen molar-refractivity contribution >= 4 is 10.1 Å². The highest BCUT2D eigenvalue weighted by molar-refractivity contribution is 7.86. The molecule has 3 aliphatic rings. The number of hydrogen-bond acceptors (Lipinski definition) is 4. The van der Waals surface area contributed by atoms with Crippen LogP contribution in [0.15, 0.2) is 29.2 Å². The van der Waals surface area contributed by atoms with E-state index in [-0.39, 0.29) is 29.4 Å². The Hall–Kier alpha value is -0.910. The minimum Gasteiger partial charge on any atom is -0.393 e. The first-order valence-electron chi connectivity index (χ1n) is 7.60. The van der Waals surface area contributed by atoms with E-state index in [0.29, 0.717) is 5.92 Å². The van der Waals surface area contributed by atoms with Gasteiger partial charge in [0.2, 0.25) is 0 Å². The van der Waals surface area contributed by atoms with Crippen LogP contribution < -0.4 is 0 Å². The Bertz CT molecular complexity index is 593. The molecule has 5 heteroatoms. The second kappa shape index (κ2) is 5.71. The number of hydrogen-bond donors (Lipinski definition) is 1. The lowest BCUT2D eigenvalue weighted by Gasteiger charge is -2.45. The highest BCUT2D eigenvalue weighted by Crippen LogP contribution is 2.45. The van der Waals surface area contributed by atoms with Crippen LogP contribution in [0.25, 0.3) is 0 Å². The summed E-state index contributed by atoms with van der Waals surface area (Å²) < 4.78 is 29.6. The van der Waals surface area contributed by atoms with E-state index in [0.717, 1.165) is 31.2 Å². The molecule has 0 saturated heterocycles. The zero-order valence-electron chi connectivity index (χ0n) is 12.2. The summed E-state index contributed by atoms with van der Waals surface area (Å²) >= 11 is 0. The predicted molar refractivity (Wildman–Crippen MR) is 79.3 cm³/mol. The van der Waals surface area contributed by atoms with Gasteiger partial charge in [0.15, 0.2) is 0 Å². The van der Waals surface area contributed by atoms with Crippen molar-refractivity contribution in [3.63, 3.8) is 0 Å². The molecule has 1 aromatic carbocycles. The van der Waals surface area contributed by atoms with Gasteiger partial charge < -0.3 is 5.11 Å². The monoisotopic (exact) mass is 310 g/mol. The van der Waals surface area contributed by atoms with Gasteiger partial charge in [0.25, 0.3) is 10.1 Å². The molecule has 1 aromatic rings. The molecule has 0 radical (unpaired) electrons. The van der Waals surface area contributed by atoms with Gasteiger partial charge >= 0.3 is 0 Å². The molecule has 4 rings (SSSR count). The maximum absolute atomic E-state index is 12.2.